The number of quaternary nitrogens is 1. The molecule has 0 amide bonds. The van der Waals surface area contributed by atoms with Gasteiger partial charge in [0.05, 0.1) is 20.3 Å². The zero-order valence-corrected chi connectivity index (χ0v) is 9.17. The van der Waals surface area contributed by atoms with Crippen molar-refractivity contribution in [3.63, 3.8) is 0 Å². The van der Waals surface area contributed by atoms with Crippen LogP contribution in [-0.2, 0) is 0 Å². The molecule has 0 saturated heterocycles. The Labute approximate surface area is 86.7 Å². The summed E-state index contributed by atoms with van der Waals surface area (Å²) in [6.45, 7) is 5.95. The van der Waals surface area contributed by atoms with Gasteiger partial charge in [-0.05, 0) is 19.6 Å². The van der Waals surface area contributed by atoms with Gasteiger partial charge in [-0.15, -0.1) is 0 Å². The fourth-order valence-electron chi connectivity index (χ4n) is 1.31. The SMILES string of the molecule is C=C[N+](C)(C)c1ccccc1C.[Cl-]. The van der Waals surface area contributed by atoms with Gasteiger partial charge in [-0.1, -0.05) is 18.2 Å². The average molecular weight is 198 g/mol. The van der Waals surface area contributed by atoms with Gasteiger partial charge in [0.2, 0.25) is 0 Å². The highest BCUT2D eigenvalue weighted by Crippen LogP contribution is 2.22. The highest BCUT2D eigenvalue weighted by atomic mass is 35.5. The van der Waals surface area contributed by atoms with Gasteiger partial charge in [-0.25, -0.2) is 0 Å². The monoisotopic (exact) mass is 197 g/mol. The van der Waals surface area contributed by atoms with E-state index in [-0.39, 0.29) is 12.4 Å². The molecule has 13 heavy (non-hydrogen) atoms. The van der Waals surface area contributed by atoms with Crippen LogP contribution in [0.5, 0.6) is 0 Å². The van der Waals surface area contributed by atoms with Crippen LogP contribution in [0.2, 0.25) is 0 Å². The molecular formula is C11H16ClN. The Morgan fingerprint density at radius 3 is 2.23 bits per heavy atom. The van der Waals surface area contributed by atoms with Crippen LogP contribution in [-0.4, -0.2) is 14.1 Å². The van der Waals surface area contributed by atoms with Crippen molar-refractivity contribution in [2.75, 3.05) is 14.1 Å². The summed E-state index contributed by atoms with van der Waals surface area (Å²) in [6, 6.07) is 8.38. The summed E-state index contributed by atoms with van der Waals surface area (Å²) in [5.41, 5.74) is 2.61. The first-order chi connectivity index (χ1) is 5.58. The molecule has 0 bridgehead atoms. The highest BCUT2D eigenvalue weighted by Gasteiger charge is 2.16. The van der Waals surface area contributed by atoms with Gasteiger partial charge in [-0.3, -0.25) is 4.48 Å². The van der Waals surface area contributed by atoms with Gasteiger partial charge in [0.25, 0.3) is 0 Å². The second kappa shape index (κ2) is 4.45. The number of para-hydroxylation sites is 1. The molecule has 0 fully saturated rings. The van der Waals surface area contributed by atoms with Crippen molar-refractivity contribution in [1.29, 1.82) is 0 Å². The highest BCUT2D eigenvalue weighted by molar-refractivity contribution is 5.50. The first-order valence-corrected chi connectivity index (χ1v) is 4.11. The number of aryl methyl sites for hydroxylation is 1. The summed E-state index contributed by atoms with van der Waals surface area (Å²) in [4.78, 5) is 0. The second-order valence-corrected chi connectivity index (χ2v) is 3.51. The van der Waals surface area contributed by atoms with E-state index in [4.69, 9.17) is 0 Å². The Bertz CT molecular complexity index is 292. The molecule has 0 saturated carbocycles. The van der Waals surface area contributed by atoms with Gasteiger partial charge in [0.1, 0.15) is 5.69 Å². The smallest absolute Gasteiger partial charge is 0.139 e. The number of nitrogens with zero attached hydrogens (tertiary/aromatic N) is 1. The van der Waals surface area contributed by atoms with E-state index in [9.17, 15) is 0 Å². The van der Waals surface area contributed by atoms with E-state index in [2.05, 4.69) is 51.9 Å². The van der Waals surface area contributed by atoms with Gasteiger partial charge in [0.15, 0.2) is 0 Å². The minimum Gasteiger partial charge on any atom is -1.00 e. The minimum absolute atomic E-state index is 0. The van der Waals surface area contributed by atoms with Gasteiger partial charge >= 0.3 is 0 Å². The third-order valence-corrected chi connectivity index (χ3v) is 2.19. The van der Waals surface area contributed by atoms with E-state index in [1.807, 2.05) is 6.20 Å². The van der Waals surface area contributed by atoms with Crippen LogP contribution in [0.25, 0.3) is 0 Å². The van der Waals surface area contributed by atoms with Crippen LogP contribution in [0, 0.1) is 6.92 Å². The lowest BCUT2D eigenvalue weighted by Crippen LogP contribution is -3.00. The molecule has 1 aromatic carbocycles. The summed E-state index contributed by atoms with van der Waals surface area (Å²) < 4.78 is 0.729. The van der Waals surface area contributed by atoms with Crippen LogP contribution in [0.3, 0.4) is 0 Å². The Morgan fingerprint density at radius 2 is 1.77 bits per heavy atom. The lowest BCUT2D eigenvalue weighted by atomic mass is 10.2. The maximum atomic E-state index is 3.82. The molecule has 2 heteroatoms. The molecule has 0 unspecified atom stereocenters. The first kappa shape index (κ1) is 12.2. The summed E-state index contributed by atoms with van der Waals surface area (Å²) in [5.74, 6) is 0. The van der Waals surface area contributed by atoms with E-state index in [0.717, 1.165) is 4.48 Å². The topological polar surface area (TPSA) is 0 Å². The Morgan fingerprint density at radius 1 is 1.23 bits per heavy atom. The molecule has 0 spiro atoms. The third-order valence-electron chi connectivity index (χ3n) is 2.19. The molecule has 0 heterocycles. The largest absolute Gasteiger partial charge is 1.00 e. The number of rotatable bonds is 2. The van der Waals surface area contributed by atoms with Crippen LogP contribution in [0.1, 0.15) is 5.56 Å². The van der Waals surface area contributed by atoms with Crippen molar-refractivity contribution < 1.29 is 12.4 Å². The minimum atomic E-state index is 0. The van der Waals surface area contributed by atoms with Crippen LogP contribution >= 0.6 is 0 Å². The summed E-state index contributed by atoms with van der Waals surface area (Å²) >= 11 is 0. The van der Waals surface area contributed by atoms with Crippen LogP contribution < -0.4 is 16.9 Å². The fourth-order valence-corrected chi connectivity index (χ4v) is 1.31. The quantitative estimate of drug-likeness (QED) is 0.572. The van der Waals surface area contributed by atoms with Crippen molar-refractivity contribution in [3.8, 4) is 0 Å². The maximum Gasteiger partial charge on any atom is 0.139 e. The molecule has 0 radical (unpaired) electrons. The second-order valence-electron chi connectivity index (χ2n) is 3.51. The van der Waals surface area contributed by atoms with Crippen LogP contribution in [0.15, 0.2) is 37.0 Å². The number of halogens is 1. The summed E-state index contributed by atoms with van der Waals surface area (Å²) in [5, 5.41) is 0. The normalized spacial score (nSPS) is 10.4. The van der Waals surface area contributed by atoms with E-state index in [1.54, 1.807) is 0 Å². The van der Waals surface area contributed by atoms with E-state index in [0.29, 0.717) is 0 Å². The first-order valence-electron chi connectivity index (χ1n) is 4.11. The molecule has 0 atom stereocenters. The fraction of sp³-hybridized carbons (Fsp3) is 0.273. The van der Waals surface area contributed by atoms with Crippen molar-refractivity contribution in [2.45, 2.75) is 6.92 Å². The molecule has 1 nitrogen and oxygen atoms in total. The molecule has 0 aliphatic rings. The zero-order chi connectivity index (χ0) is 9.19. The average Bonchev–Trinajstić information content (AvgIpc) is 2.05. The van der Waals surface area contributed by atoms with Gasteiger partial charge in [-0.2, -0.15) is 0 Å². The van der Waals surface area contributed by atoms with Crippen molar-refractivity contribution >= 4 is 5.69 Å². The van der Waals surface area contributed by atoms with Crippen molar-refractivity contribution in [3.05, 3.63) is 42.6 Å². The lowest BCUT2D eigenvalue weighted by molar-refractivity contribution is -0.00000269. The maximum absolute atomic E-state index is 3.82. The van der Waals surface area contributed by atoms with Crippen molar-refractivity contribution in [2.24, 2.45) is 0 Å². The summed E-state index contributed by atoms with van der Waals surface area (Å²) in [7, 11) is 4.24. The van der Waals surface area contributed by atoms with E-state index < -0.39 is 0 Å². The third kappa shape index (κ3) is 2.58. The number of hydrogen-bond acceptors (Lipinski definition) is 0. The van der Waals surface area contributed by atoms with Gasteiger partial charge in [0, 0.05) is 5.56 Å². The van der Waals surface area contributed by atoms with Crippen LogP contribution in [0.4, 0.5) is 5.69 Å². The van der Waals surface area contributed by atoms with Crippen molar-refractivity contribution in [1.82, 2.24) is 4.48 Å². The Hall–Kier alpha value is -0.790. The lowest BCUT2D eigenvalue weighted by Gasteiger charge is -2.25. The molecule has 1 rings (SSSR count). The Balaban J connectivity index is 0.00000144. The molecule has 0 aliphatic carbocycles. The number of hydrogen-bond donors (Lipinski definition) is 0. The molecule has 1 aromatic rings. The predicted molar refractivity (Wildman–Crippen MR) is 55.0 cm³/mol. The molecule has 0 aliphatic heterocycles. The molecule has 0 N–H and O–H groups in total. The standard InChI is InChI=1S/C11H16N.ClH/c1-5-12(3,4)11-9-7-6-8-10(11)2;/h5-9H,1H2,2-4H3;1H/q+1;/p-1. The van der Waals surface area contributed by atoms with E-state index in [1.165, 1.54) is 11.3 Å². The van der Waals surface area contributed by atoms with E-state index >= 15 is 0 Å². The number of benzene rings is 1. The Kier molecular flexibility index (Phi) is 4.18. The zero-order valence-electron chi connectivity index (χ0n) is 8.42. The molecular weight excluding hydrogens is 182 g/mol. The molecule has 72 valence electrons. The predicted octanol–water partition coefficient (Wildman–Crippen LogP) is -0.291. The van der Waals surface area contributed by atoms with Gasteiger partial charge < -0.3 is 12.4 Å². The molecule has 0 aromatic heterocycles. The summed E-state index contributed by atoms with van der Waals surface area (Å²) in [6.07, 6.45) is 1.93.